The van der Waals surface area contributed by atoms with Gasteiger partial charge in [0.1, 0.15) is 11.8 Å². The van der Waals surface area contributed by atoms with E-state index < -0.39 is 17.6 Å². The molecule has 2 N–H and O–H groups in total. The normalized spacial score (nSPS) is 11.6. The number of amides is 1. The number of carbonyl (C=O) groups is 1. The molecule has 0 unspecified atom stereocenters. The van der Waals surface area contributed by atoms with Crippen LogP contribution < -0.4 is 5.43 Å². The van der Waals surface area contributed by atoms with Crippen LogP contribution >= 0.6 is 0 Å². The van der Waals surface area contributed by atoms with Crippen molar-refractivity contribution in [2.24, 2.45) is 5.10 Å². The minimum absolute atomic E-state index is 0.0112. The summed E-state index contributed by atoms with van der Waals surface area (Å²) >= 11 is 0. The van der Waals surface area contributed by atoms with Gasteiger partial charge in [-0.25, -0.2) is 5.43 Å². The number of phenols is 1. The van der Waals surface area contributed by atoms with Gasteiger partial charge >= 0.3 is 6.18 Å². The lowest BCUT2D eigenvalue weighted by Gasteiger charge is -2.09. The Bertz CT molecular complexity index is 1430. The van der Waals surface area contributed by atoms with Crippen LogP contribution in [0.1, 0.15) is 32.6 Å². The third-order valence-corrected chi connectivity index (χ3v) is 5.19. The van der Waals surface area contributed by atoms with Crippen LogP contribution in [0.15, 0.2) is 78.0 Å². The number of nitriles is 1. The summed E-state index contributed by atoms with van der Waals surface area (Å²) in [6.07, 6.45) is -1.04. The maximum atomic E-state index is 12.7. The average Bonchev–Trinajstić information content (AvgIpc) is 3.21. The number of aromatic nitrogens is 1. The topological polar surface area (TPSA) is 90.4 Å². The number of aromatic hydroxyl groups is 1. The number of hydrogen-bond donors (Lipinski definition) is 2. The van der Waals surface area contributed by atoms with E-state index >= 15 is 0 Å². The Morgan fingerprint density at radius 1 is 1.09 bits per heavy atom. The molecule has 3 aromatic carbocycles. The second-order valence-electron chi connectivity index (χ2n) is 7.50. The van der Waals surface area contributed by atoms with Crippen molar-refractivity contribution in [2.45, 2.75) is 12.7 Å². The number of nitrogens with one attached hydrogen (secondary N) is 1. The van der Waals surface area contributed by atoms with Crippen LogP contribution in [-0.4, -0.2) is 21.8 Å². The molecule has 1 aromatic heterocycles. The molecule has 1 amide bonds. The molecule has 0 radical (unpaired) electrons. The van der Waals surface area contributed by atoms with Gasteiger partial charge in [0, 0.05) is 29.2 Å². The van der Waals surface area contributed by atoms with Crippen molar-refractivity contribution in [2.75, 3.05) is 0 Å². The van der Waals surface area contributed by atoms with Crippen LogP contribution in [0.4, 0.5) is 13.2 Å². The van der Waals surface area contributed by atoms with Crippen LogP contribution in [-0.2, 0) is 12.7 Å². The van der Waals surface area contributed by atoms with Crippen LogP contribution in [0, 0.1) is 11.3 Å². The number of fused-ring (bicyclic) bond motifs is 1. The zero-order valence-corrected chi connectivity index (χ0v) is 17.5. The van der Waals surface area contributed by atoms with E-state index in [0.29, 0.717) is 6.54 Å². The molecule has 0 fully saturated rings. The molecule has 4 rings (SSSR count). The molecular weight excluding hydrogens is 445 g/mol. The Morgan fingerprint density at radius 3 is 2.56 bits per heavy atom. The van der Waals surface area contributed by atoms with Crippen molar-refractivity contribution in [1.82, 2.24) is 9.99 Å². The first-order chi connectivity index (χ1) is 16.2. The molecule has 1 heterocycles. The third-order valence-electron chi connectivity index (χ3n) is 5.19. The number of hydrazone groups is 1. The lowest BCUT2D eigenvalue weighted by Crippen LogP contribution is -2.17. The number of nitrogens with zero attached hydrogens (tertiary/aromatic N) is 3. The van der Waals surface area contributed by atoms with Gasteiger partial charge in [0.05, 0.1) is 17.3 Å². The van der Waals surface area contributed by atoms with Gasteiger partial charge in [-0.1, -0.05) is 18.2 Å². The fraction of sp³-hybridized carbons (Fsp3) is 0.0800. The zero-order valence-electron chi connectivity index (χ0n) is 17.5. The van der Waals surface area contributed by atoms with E-state index in [-0.39, 0.29) is 16.9 Å². The highest BCUT2D eigenvalue weighted by Crippen LogP contribution is 2.29. The van der Waals surface area contributed by atoms with Crippen molar-refractivity contribution < 1.29 is 23.1 Å². The monoisotopic (exact) mass is 462 g/mol. The van der Waals surface area contributed by atoms with Gasteiger partial charge in [0.2, 0.25) is 0 Å². The van der Waals surface area contributed by atoms with Gasteiger partial charge in [0.25, 0.3) is 5.91 Å². The zero-order chi connectivity index (χ0) is 24.3. The summed E-state index contributed by atoms with van der Waals surface area (Å²) in [7, 11) is 0. The minimum atomic E-state index is -4.36. The van der Waals surface area contributed by atoms with Crippen LogP contribution in [0.2, 0.25) is 0 Å². The Kier molecular flexibility index (Phi) is 6.06. The standard InChI is InChI=1S/C25H17F3N4O2/c26-25(27,28)21-5-1-16(2-6-21)15-32-10-9-18-11-17(3-7-22(18)32)14-30-31-24(34)19-4-8-23(33)20(12-19)13-29/h1-12,14,33H,15H2,(H,31,34)/b30-14+. The fourth-order valence-corrected chi connectivity index (χ4v) is 3.43. The summed E-state index contributed by atoms with van der Waals surface area (Å²) in [5.74, 6) is -0.738. The number of alkyl halides is 3. The highest BCUT2D eigenvalue weighted by atomic mass is 19.4. The van der Waals surface area contributed by atoms with Crippen molar-refractivity contribution >= 4 is 23.0 Å². The third kappa shape index (κ3) is 4.91. The molecule has 0 aliphatic carbocycles. The molecule has 9 heteroatoms. The lowest BCUT2D eigenvalue weighted by atomic mass is 10.1. The van der Waals surface area contributed by atoms with Crippen molar-refractivity contribution in [1.29, 1.82) is 5.26 Å². The van der Waals surface area contributed by atoms with Gasteiger partial charge in [-0.15, -0.1) is 0 Å². The van der Waals surface area contributed by atoms with Crippen molar-refractivity contribution in [3.05, 3.63) is 101 Å². The lowest BCUT2D eigenvalue weighted by molar-refractivity contribution is -0.137. The Morgan fingerprint density at radius 2 is 1.85 bits per heavy atom. The molecule has 0 aliphatic rings. The average molecular weight is 462 g/mol. The van der Waals surface area contributed by atoms with E-state index in [0.717, 1.165) is 34.2 Å². The van der Waals surface area contributed by atoms with E-state index in [1.165, 1.54) is 36.5 Å². The van der Waals surface area contributed by atoms with E-state index in [4.69, 9.17) is 5.26 Å². The molecule has 0 bridgehead atoms. The summed E-state index contributed by atoms with van der Waals surface area (Å²) in [5, 5.41) is 23.3. The first kappa shape index (κ1) is 22.6. The summed E-state index contributed by atoms with van der Waals surface area (Å²) in [6.45, 7) is 0.419. The number of rotatable bonds is 5. The van der Waals surface area contributed by atoms with E-state index in [9.17, 15) is 23.1 Å². The van der Waals surface area contributed by atoms with Crippen LogP contribution in [0.5, 0.6) is 5.75 Å². The molecule has 34 heavy (non-hydrogen) atoms. The van der Waals surface area contributed by atoms with Gasteiger partial charge in [-0.3, -0.25) is 4.79 Å². The maximum absolute atomic E-state index is 12.7. The molecule has 0 atom stereocenters. The Labute approximate surface area is 192 Å². The number of carbonyl (C=O) groups excluding carboxylic acids is 1. The maximum Gasteiger partial charge on any atom is 0.416 e. The first-order valence-corrected chi connectivity index (χ1v) is 10.1. The first-order valence-electron chi connectivity index (χ1n) is 10.1. The van der Waals surface area contributed by atoms with Gasteiger partial charge in [-0.2, -0.15) is 23.5 Å². The quantitative estimate of drug-likeness (QED) is 0.321. The Hall–Kier alpha value is -4.58. The second-order valence-corrected chi connectivity index (χ2v) is 7.50. The summed E-state index contributed by atoms with van der Waals surface area (Å²) in [4.78, 5) is 12.2. The number of benzene rings is 3. The fourth-order valence-electron chi connectivity index (χ4n) is 3.43. The largest absolute Gasteiger partial charge is 0.507 e. The van der Waals surface area contributed by atoms with E-state index in [2.05, 4.69) is 10.5 Å². The molecule has 170 valence electrons. The van der Waals surface area contributed by atoms with E-state index in [1.54, 1.807) is 12.1 Å². The highest BCUT2D eigenvalue weighted by Gasteiger charge is 2.29. The minimum Gasteiger partial charge on any atom is -0.507 e. The SMILES string of the molecule is N#Cc1cc(C(=O)N/N=C/c2ccc3c(ccn3Cc3ccc(C(F)(F)F)cc3)c2)ccc1O. The molecule has 0 saturated heterocycles. The van der Waals surface area contributed by atoms with Crippen LogP contribution in [0.3, 0.4) is 0 Å². The highest BCUT2D eigenvalue weighted by molar-refractivity contribution is 5.96. The predicted octanol–water partition coefficient (Wildman–Crippen LogP) is 5.05. The van der Waals surface area contributed by atoms with Gasteiger partial charge in [-0.05, 0) is 59.7 Å². The predicted molar refractivity (Wildman–Crippen MR) is 120 cm³/mol. The van der Waals surface area contributed by atoms with Crippen LogP contribution in [0.25, 0.3) is 10.9 Å². The molecule has 0 spiro atoms. The smallest absolute Gasteiger partial charge is 0.416 e. The summed E-state index contributed by atoms with van der Waals surface area (Å²) in [5.41, 5.74) is 4.23. The molecule has 0 aliphatic heterocycles. The number of phenolic OH excluding ortho intramolecular Hbond substituents is 1. The molecular formula is C25H17F3N4O2. The second kappa shape index (κ2) is 9.11. The van der Waals surface area contributed by atoms with Crippen molar-refractivity contribution in [3.63, 3.8) is 0 Å². The Balaban J connectivity index is 1.44. The number of hydrogen-bond acceptors (Lipinski definition) is 4. The number of halogens is 3. The molecule has 0 saturated carbocycles. The van der Waals surface area contributed by atoms with Gasteiger partial charge in [0.15, 0.2) is 0 Å². The van der Waals surface area contributed by atoms with Crippen molar-refractivity contribution in [3.8, 4) is 11.8 Å². The molecule has 6 nitrogen and oxygen atoms in total. The summed E-state index contributed by atoms with van der Waals surface area (Å²) < 4.78 is 40.2. The van der Waals surface area contributed by atoms with Gasteiger partial charge < -0.3 is 9.67 Å². The van der Waals surface area contributed by atoms with E-state index in [1.807, 2.05) is 29.0 Å². The molecule has 4 aromatic rings. The summed E-state index contributed by atoms with van der Waals surface area (Å²) in [6, 6.07) is 18.2.